The van der Waals surface area contributed by atoms with Crippen LogP contribution in [0.2, 0.25) is 0 Å². The summed E-state index contributed by atoms with van der Waals surface area (Å²) in [5.41, 5.74) is 11.8. The van der Waals surface area contributed by atoms with Crippen LogP contribution < -0.4 is 44.0 Å². The zero-order valence-electron chi connectivity index (χ0n) is 73.3. The van der Waals surface area contributed by atoms with Gasteiger partial charge in [0.05, 0.1) is 117 Å². The van der Waals surface area contributed by atoms with Crippen LogP contribution in [0.15, 0.2) is 165 Å². The molecule has 4 N–H and O–H groups in total. The molecule has 1 amide bonds. The maximum absolute atomic E-state index is 12.4. The van der Waals surface area contributed by atoms with Gasteiger partial charge in [-0.05, 0) is 145 Å². The molecular weight excluding hydrogens is 1570 g/mol. The summed E-state index contributed by atoms with van der Waals surface area (Å²) in [4.78, 5) is 59.1. The number of nitriles is 3. The minimum atomic E-state index is -2.51. The van der Waals surface area contributed by atoms with Crippen LogP contribution in [0.1, 0.15) is 111 Å². The zero-order chi connectivity index (χ0) is 88.1. The molecule has 12 fully saturated rings. The Morgan fingerprint density at radius 3 is 1.13 bits per heavy atom. The summed E-state index contributed by atoms with van der Waals surface area (Å²) in [6, 6.07) is 39.4. The summed E-state index contributed by atoms with van der Waals surface area (Å²) in [7, 11) is -0.889. The van der Waals surface area contributed by atoms with Gasteiger partial charge in [0.1, 0.15) is 47.4 Å². The number of pyridine rings is 9. The number of methoxy groups -OCH3 is 2. The van der Waals surface area contributed by atoms with Crippen molar-refractivity contribution < 1.29 is 38.4 Å². The predicted molar refractivity (Wildman–Crippen MR) is 468 cm³/mol. The van der Waals surface area contributed by atoms with Crippen LogP contribution >= 0.6 is 0 Å². The third kappa shape index (κ3) is 16.1. The van der Waals surface area contributed by atoms with Crippen molar-refractivity contribution in [1.29, 1.82) is 15.8 Å². The second kappa shape index (κ2) is 32.4. The van der Waals surface area contributed by atoms with Crippen LogP contribution in [0.4, 0.5) is 34.5 Å². The number of carbonyl (C=O) groups excluding carboxylic acids is 1. The molecule has 0 radical (unpaired) electrons. The van der Waals surface area contributed by atoms with Crippen molar-refractivity contribution in [2.24, 2.45) is 11.8 Å². The number of nitrogens with zero attached hydrogens (tertiary/aromatic N) is 23. The first kappa shape index (κ1) is 77.1. The summed E-state index contributed by atoms with van der Waals surface area (Å²) in [6.45, 7) is 21.4. The quantitative estimate of drug-likeness (QED) is 0.0490. The van der Waals surface area contributed by atoms with E-state index in [1.165, 1.54) is 44.0 Å². The van der Waals surface area contributed by atoms with Crippen molar-refractivity contribution in [1.82, 2.24) is 73.4 Å². The van der Waals surface area contributed by atoms with Gasteiger partial charge in [0.15, 0.2) is 0 Å². The first-order chi connectivity index (χ1) is 61.0. The number of aromatic nitrogens is 12. The van der Waals surface area contributed by atoms with E-state index in [9.17, 15) is 35.9 Å². The molecule has 6 unspecified atom stereocenters. The number of anilines is 6. The molecule has 31 nitrogen and oxygen atoms in total. The smallest absolute Gasteiger partial charge is 0.255 e. The van der Waals surface area contributed by atoms with Crippen molar-refractivity contribution in [2.75, 3.05) is 109 Å². The van der Waals surface area contributed by atoms with Crippen molar-refractivity contribution >= 4 is 57.0 Å². The number of rotatable bonds is 22. The fraction of sp³-hybridized carbons (Fsp3) is 0.409. The van der Waals surface area contributed by atoms with E-state index in [0.29, 0.717) is 81.7 Å². The van der Waals surface area contributed by atoms with Crippen molar-refractivity contribution in [3.63, 3.8) is 0 Å². The number of fused-ring (bicyclic) bond motifs is 9. The number of hydrogen-bond donors (Lipinski definition) is 4. The Morgan fingerprint density at radius 1 is 0.452 bits per heavy atom. The third-order valence-corrected chi connectivity index (χ3v) is 26.3. The van der Waals surface area contributed by atoms with Gasteiger partial charge in [0, 0.05) is 222 Å². The van der Waals surface area contributed by atoms with Gasteiger partial charge in [-0.15, -0.1) is 0 Å². The number of ether oxygens (including phenoxy) is 3. The van der Waals surface area contributed by atoms with Crippen LogP contribution in [0.3, 0.4) is 0 Å². The van der Waals surface area contributed by atoms with E-state index in [1.54, 1.807) is 63.8 Å². The summed E-state index contributed by atoms with van der Waals surface area (Å²) >= 11 is 0. The molecule has 0 spiro atoms. The number of hydrogen-bond acceptors (Lipinski definition) is 27. The van der Waals surface area contributed by atoms with E-state index in [1.807, 2.05) is 95.2 Å². The lowest BCUT2D eigenvalue weighted by atomic mass is 9.84. The molecule has 11 aliphatic heterocycles. The maximum Gasteiger partial charge on any atom is 0.255 e. The molecule has 11 saturated heterocycles. The van der Waals surface area contributed by atoms with Crippen LogP contribution in [-0.4, -0.2) is 233 Å². The molecule has 12 aliphatic rings. The first-order valence-electron chi connectivity index (χ1n) is 43.9. The number of carbonyl (C=O) groups is 1. The normalized spacial score (nSPS) is 21.2. The SMILES string of the molecule is CC(C)(O)C1CN(c2cc(-c3ccc(N4CC5CC(C4)N5Cc4ccc(OC5CC5)nc4)nc3)c3c(C#N)cnn3c2)C1.COc1ccc(CN2C3CC2CN(c2ccc(-c4cc(NC(=O)C(C)(C)O)cn5ncc(C#N)c45)cn2)C3)cn1.[2H]C([2H])([2H])Oc1ccc(CN2C3CC2CN(c2ccc(-c4cc(N5CC(C(C)(C)O)C5)cn5ncc(C#N)c45)cn2)C3)cn1. The predicted octanol–water partition coefficient (Wildman–Crippen LogP) is 10.1. The van der Waals surface area contributed by atoms with Crippen LogP contribution in [-0.2, 0) is 24.4 Å². The highest BCUT2D eigenvalue weighted by Gasteiger charge is 2.48. The van der Waals surface area contributed by atoms with E-state index in [4.69, 9.17) is 33.3 Å². The maximum atomic E-state index is 12.4. The standard InChI is InChI=1S/C33H36N8O2.C31H34N8O2.C29H30N8O3/c1-33(2,42)24-16-38(17-24)25-10-29(32-23(11-34)14-37-41(32)20-25)22-4-7-30(35-13-22)39-18-26-9-27(19-39)40(26)15-21-3-8-31(36-12-21)43-28-5-6-28;1-31(2,40)23-15-36(16-23)24-9-27(30-22(10-32)13-35-39(30)19-24)21-5-6-28(33-12-21)37-17-25-8-26(18-37)38(25)14-20-4-7-29(41-3)34-11-20;1-29(2,39)28(38)34-21-8-24(27-20(10-30)13-33-37(27)15-21)19-5-6-25(31-12-19)35-16-22-9-23(17-35)36(22)14-18-4-7-26(40-3)32-11-18/h3-4,7-8,10,12-14,20,24,26-28,42H,5-6,9,15-19H2,1-2H3;4-7,9,11-13,19,23,25-26,40H,8,14-18H2,1-3H3;4-8,11-13,15,22-23,39H,9,14,16-17H2,1-3H3,(H,34,38)/i;3D3;. The third-order valence-electron chi connectivity index (χ3n) is 26.3. The lowest BCUT2D eigenvalue weighted by molar-refractivity contribution is -0.130. The molecule has 6 atom stereocenters. The summed E-state index contributed by atoms with van der Waals surface area (Å²) < 4.78 is 42.7. The minimum absolute atomic E-state index is 0.0997. The number of nitrogens with one attached hydrogen (secondary N) is 1. The van der Waals surface area contributed by atoms with Gasteiger partial charge in [-0.25, -0.2) is 43.5 Å². The molecular formula is C93H100N24O7. The molecule has 0 aromatic carbocycles. The van der Waals surface area contributed by atoms with Gasteiger partial charge >= 0.3 is 0 Å². The number of piperidine rings is 3. The molecule has 12 aromatic heterocycles. The van der Waals surface area contributed by atoms with Crippen LogP contribution in [0.5, 0.6) is 17.6 Å². The van der Waals surface area contributed by atoms with Crippen molar-refractivity contribution in [3.05, 3.63) is 199 Å². The summed E-state index contributed by atoms with van der Waals surface area (Å²) in [5.74, 6) is 4.14. The lowest BCUT2D eigenvalue weighted by Gasteiger charge is -2.56. The average Bonchev–Trinajstić information content (AvgIpc) is 1.75. The second-order valence-electron chi connectivity index (χ2n) is 36.0. The molecule has 1 saturated carbocycles. The Balaban J connectivity index is 0.000000124. The Labute approximate surface area is 722 Å². The fourth-order valence-electron chi connectivity index (χ4n) is 18.6. The number of amides is 1. The fourth-order valence-corrected chi connectivity index (χ4v) is 18.6. The Hall–Kier alpha value is -12.9. The average molecular weight is 1670 g/mol. The first-order valence-corrected chi connectivity index (χ1v) is 42.4. The zero-order valence-corrected chi connectivity index (χ0v) is 70.3. The van der Waals surface area contributed by atoms with E-state index in [-0.39, 0.29) is 17.7 Å². The summed E-state index contributed by atoms with van der Waals surface area (Å²) in [5, 5.41) is 76.0. The Kier molecular flexibility index (Phi) is 20.2. The topological polar surface area (TPSA) is 344 Å². The molecule has 124 heavy (non-hydrogen) atoms. The highest BCUT2D eigenvalue weighted by Crippen LogP contribution is 2.44. The highest BCUT2D eigenvalue weighted by atomic mass is 16.5. The van der Waals surface area contributed by atoms with E-state index in [2.05, 4.69) is 142 Å². The monoisotopic (exact) mass is 1670 g/mol. The van der Waals surface area contributed by atoms with Crippen molar-refractivity contribution in [3.8, 4) is 69.2 Å². The largest absolute Gasteiger partial charge is 0.481 e. The molecule has 634 valence electrons. The Bertz CT molecular complexity index is 6180. The van der Waals surface area contributed by atoms with E-state index < -0.39 is 29.7 Å². The van der Waals surface area contributed by atoms with Crippen LogP contribution in [0.25, 0.3) is 49.9 Å². The van der Waals surface area contributed by atoms with Crippen molar-refractivity contribution in [2.45, 2.75) is 152 Å². The van der Waals surface area contributed by atoms with Gasteiger partial charge in [0.2, 0.25) is 17.6 Å². The van der Waals surface area contributed by atoms with Crippen LogP contribution in [0, 0.1) is 45.8 Å². The van der Waals surface area contributed by atoms with Gasteiger partial charge < -0.3 is 59.3 Å². The van der Waals surface area contributed by atoms with E-state index in [0.717, 1.165) is 183 Å². The molecule has 31 heteroatoms. The molecule has 23 heterocycles. The Morgan fingerprint density at radius 2 is 0.815 bits per heavy atom. The minimum Gasteiger partial charge on any atom is -0.481 e. The number of piperazine rings is 3. The number of aliphatic hydroxyl groups is 3. The molecule has 24 rings (SSSR count). The van der Waals surface area contributed by atoms with Gasteiger partial charge in [-0.3, -0.25) is 19.5 Å². The summed E-state index contributed by atoms with van der Waals surface area (Å²) in [6.07, 6.45) is 27.6. The highest BCUT2D eigenvalue weighted by molar-refractivity contribution is 5.98. The van der Waals surface area contributed by atoms with Gasteiger partial charge in [-0.2, -0.15) is 31.1 Å². The van der Waals surface area contributed by atoms with Gasteiger partial charge in [0.25, 0.3) is 5.91 Å². The van der Waals surface area contributed by atoms with Gasteiger partial charge in [-0.1, -0.05) is 18.2 Å². The lowest BCUT2D eigenvalue weighted by Crippen LogP contribution is -2.68. The molecule has 1 aliphatic carbocycles. The van der Waals surface area contributed by atoms with E-state index >= 15 is 0 Å². The molecule has 12 aromatic rings. The molecule has 6 bridgehead atoms. The second-order valence-corrected chi connectivity index (χ2v) is 36.0.